The monoisotopic (exact) mass is 272 g/mol. The number of halogens is 1. The number of methoxy groups -OCH3 is 2. The molecule has 0 radical (unpaired) electrons. The normalized spacial score (nSPS) is 14.6. The highest BCUT2D eigenvalue weighted by molar-refractivity contribution is 6.30. The summed E-state index contributed by atoms with van der Waals surface area (Å²) >= 11 is 5.99. The van der Waals surface area contributed by atoms with E-state index in [-0.39, 0.29) is 12.5 Å². The number of ether oxygens (including phenoxy) is 2. The Labute approximate surface area is 114 Å². The van der Waals surface area contributed by atoms with Gasteiger partial charge in [0.25, 0.3) is 0 Å². The molecule has 0 saturated heterocycles. The third-order valence-electron chi connectivity index (χ3n) is 3.21. The second-order valence-corrected chi connectivity index (χ2v) is 5.26. The first-order valence-corrected chi connectivity index (χ1v) is 6.34. The molecule has 1 N–H and O–H groups in total. The molecule has 1 rings (SSSR count). The molecule has 0 amide bonds. The van der Waals surface area contributed by atoms with Crippen molar-refractivity contribution in [3.63, 3.8) is 0 Å². The summed E-state index contributed by atoms with van der Waals surface area (Å²) < 4.78 is 10.4. The lowest BCUT2D eigenvalue weighted by Crippen LogP contribution is -2.42. The largest absolute Gasteiger partial charge is 0.496 e. The summed E-state index contributed by atoms with van der Waals surface area (Å²) in [6, 6.07) is 5.41. The van der Waals surface area contributed by atoms with Gasteiger partial charge >= 0.3 is 0 Å². The lowest BCUT2D eigenvalue weighted by molar-refractivity contribution is -0.0639. The lowest BCUT2D eigenvalue weighted by atomic mass is 9.84. The average molecular weight is 273 g/mol. The van der Waals surface area contributed by atoms with Crippen molar-refractivity contribution in [1.29, 1.82) is 0 Å². The van der Waals surface area contributed by atoms with Gasteiger partial charge in [0.15, 0.2) is 0 Å². The van der Waals surface area contributed by atoms with Crippen molar-refractivity contribution in [2.75, 3.05) is 20.8 Å². The van der Waals surface area contributed by atoms with E-state index in [1.807, 2.05) is 26.0 Å². The van der Waals surface area contributed by atoms with E-state index in [0.717, 1.165) is 11.3 Å². The van der Waals surface area contributed by atoms with Crippen molar-refractivity contribution >= 4 is 11.6 Å². The number of hydrogen-bond donors (Lipinski definition) is 1. The summed E-state index contributed by atoms with van der Waals surface area (Å²) in [5.41, 5.74) is -0.0366. The molecule has 1 atom stereocenters. The molecule has 18 heavy (non-hydrogen) atoms. The molecular weight excluding hydrogens is 252 g/mol. The van der Waals surface area contributed by atoms with Crippen LogP contribution in [0, 0.1) is 5.92 Å². The molecule has 1 unspecified atom stereocenters. The molecule has 1 aromatic carbocycles. The van der Waals surface area contributed by atoms with Crippen LogP contribution in [0.2, 0.25) is 5.02 Å². The van der Waals surface area contributed by atoms with Gasteiger partial charge in [-0.3, -0.25) is 0 Å². The molecule has 0 bridgehead atoms. The minimum absolute atomic E-state index is 0.0705. The SMILES string of the molecule is COCC(O)(Cc1cc(Cl)ccc1OC)C(C)C. The Hall–Kier alpha value is -0.770. The minimum atomic E-state index is -0.924. The Bertz CT molecular complexity index is 393. The first-order chi connectivity index (χ1) is 8.42. The number of rotatable bonds is 6. The first-order valence-electron chi connectivity index (χ1n) is 5.96. The zero-order valence-electron chi connectivity index (χ0n) is 11.4. The highest BCUT2D eigenvalue weighted by atomic mass is 35.5. The van der Waals surface area contributed by atoms with Gasteiger partial charge in [-0.15, -0.1) is 0 Å². The van der Waals surface area contributed by atoms with Gasteiger partial charge in [0.1, 0.15) is 5.75 Å². The van der Waals surface area contributed by atoms with E-state index >= 15 is 0 Å². The minimum Gasteiger partial charge on any atom is -0.496 e. The fourth-order valence-corrected chi connectivity index (χ4v) is 2.08. The van der Waals surface area contributed by atoms with E-state index in [4.69, 9.17) is 21.1 Å². The van der Waals surface area contributed by atoms with Crippen molar-refractivity contribution in [1.82, 2.24) is 0 Å². The van der Waals surface area contributed by atoms with Crippen molar-refractivity contribution in [2.24, 2.45) is 5.92 Å². The Kier molecular flexibility index (Phi) is 5.45. The van der Waals surface area contributed by atoms with Gasteiger partial charge in [0.2, 0.25) is 0 Å². The third kappa shape index (κ3) is 3.61. The molecule has 0 aliphatic carbocycles. The molecule has 3 nitrogen and oxygen atoms in total. The van der Waals surface area contributed by atoms with Crippen LogP contribution >= 0.6 is 11.6 Å². The summed E-state index contributed by atoms with van der Waals surface area (Å²) in [7, 11) is 3.19. The van der Waals surface area contributed by atoms with Gasteiger partial charge in [-0.05, 0) is 29.7 Å². The van der Waals surface area contributed by atoms with E-state index in [9.17, 15) is 5.11 Å². The Morgan fingerprint density at radius 3 is 2.50 bits per heavy atom. The quantitative estimate of drug-likeness (QED) is 0.865. The summed E-state index contributed by atoms with van der Waals surface area (Å²) in [4.78, 5) is 0. The van der Waals surface area contributed by atoms with Crippen molar-refractivity contribution in [3.8, 4) is 5.75 Å². The lowest BCUT2D eigenvalue weighted by Gasteiger charge is -2.32. The van der Waals surface area contributed by atoms with Crippen molar-refractivity contribution < 1.29 is 14.6 Å². The molecule has 0 heterocycles. The molecular formula is C14H21ClO3. The van der Waals surface area contributed by atoms with E-state index in [1.165, 1.54) is 0 Å². The summed E-state index contributed by atoms with van der Waals surface area (Å²) in [5, 5.41) is 11.3. The van der Waals surface area contributed by atoms with Crippen LogP contribution < -0.4 is 4.74 Å². The molecule has 102 valence electrons. The Balaban J connectivity index is 3.03. The predicted molar refractivity (Wildman–Crippen MR) is 73.4 cm³/mol. The van der Waals surface area contributed by atoms with Crippen LogP contribution in [-0.2, 0) is 11.2 Å². The third-order valence-corrected chi connectivity index (χ3v) is 3.44. The van der Waals surface area contributed by atoms with Crippen LogP contribution in [0.5, 0.6) is 5.75 Å². The number of benzene rings is 1. The zero-order valence-corrected chi connectivity index (χ0v) is 12.1. The molecule has 0 spiro atoms. The number of hydrogen-bond acceptors (Lipinski definition) is 3. The van der Waals surface area contributed by atoms with Gasteiger partial charge in [0, 0.05) is 18.6 Å². The molecule has 0 aliphatic heterocycles. The maximum absolute atomic E-state index is 10.6. The zero-order chi connectivity index (χ0) is 13.8. The van der Waals surface area contributed by atoms with Gasteiger partial charge in [-0.2, -0.15) is 0 Å². The fraction of sp³-hybridized carbons (Fsp3) is 0.571. The van der Waals surface area contributed by atoms with Crippen LogP contribution in [0.1, 0.15) is 19.4 Å². The smallest absolute Gasteiger partial charge is 0.122 e. The maximum atomic E-state index is 10.6. The molecule has 0 fully saturated rings. The van der Waals surface area contributed by atoms with E-state index in [0.29, 0.717) is 11.4 Å². The van der Waals surface area contributed by atoms with Crippen LogP contribution in [0.3, 0.4) is 0 Å². The Morgan fingerprint density at radius 2 is 2.00 bits per heavy atom. The fourth-order valence-electron chi connectivity index (χ4n) is 1.89. The molecule has 0 saturated carbocycles. The standard InChI is InChI=1S/C14H21ClO3/c1-10(2)14(16,9-17-3)8-11-7-12(15)5-6-13(11)18-4/h5-7,10,16H,8-9H2,1-4H3. The highest BCUT2D eigenvalue weighted by Gasteiger charge is 2.32. The van der Waals surface area contributed by atoms with Gasteiger partial charge in [0.05, 0.1) is 19.3 Å². The van der Waals surface area contributed by atoms with E-state index in [1.54, 1.807) is 20.3 Å². The molecule has 4 heteroatoms. The summed E-state index contributed by atoms with van der Waals surface area (Å²) in [5.74, 6) is 0.802. The summed E-state index contributed by atoms with van der Waals surface area (Å²) in [6.07, 6.45) is 0.447. The molecule has 0 aromatic heterocycles. The van der Waals surface area contributed by atoms with Gasteiger partial charge in [-0.1, -0.05) is 25.4 Å². The second-order valence-electron chi connectivity index (χ2n) is 4.82. The first kappa shape index (κ1) is 15.3. The van der Waals surface area contributed by atoms with Gasteiger partial charge in [-0.25, -0.2) is 0 Å². The topological polar surface area (TPSA) is 38.7 Å². The van der Waals surface area contributed by atoms with Gasteiger partial charge < -0.3 is 14.6 Å². The van der Waals surface area contributed by atoms with Crippen molar-refractivity contribution in [3.05, 3.63) is 28.8 Å². The predicted octanol–water partition coefficient (Wildman–Crippen LogP) is 2.92. The van der Waals surface area contributed by atoms with Crippen LogP contribution in [0.15, 0.2) is 18.2 Å². The second kappa shape index (κ2) is 6.41. The molecule has 1 aromatic rings. The average Bonchev–Trinajstić information content (AvgIpc) is 2.29. The highest BCUT2D eigenvalue weighted by Crippen LogP contribution is 2.30. The molecule has 0 aliphatic rings. The van der Waals surface area contributed by atoms with Crippen LogP contribution in [0.25, 0.3) is 0 Å². The van der Waals surface area contributed by atoms with Crippen LogP contribution in [0.4, 0.5) is 0 Å². The van der Waals surface area contributed by atoms with E-state index < -0.39 is 5.60 Å². The van der Waals surface area contributed by atoms with E-state index in [2.05, 4.69) is 0 Å². The maximum Gasteiger partial charge on any atom is 0.122 e. The number of aliphatic hydroxyl groups is 1. The van der Waals surface area contributed by atoms with Crippen LogP contribution in [-0.4, -0.2) is 31.5 Å². The Morgan fingerprint density at radius 1 is 1.33 bits per heavy atom. The summed E-state index contributed by atoms with van der Waals surface area (Å²) in [6.45, 7) is 4.21. The van der Waals surface area contributed by atoms with Crippen molar-refractivity contribution in [2.45, 2.75) is 25.9 Å².